The maximum Gasteiger partial charge on any atom is 0.270 e. The standard InChI is InChI=1S/C18H17ClN2O5S/c1-25-13-7-11(8-14(10-13)26-2)18-20(5-6-27-18)17(22)15-4-3-12(21(23)24)9-16(15)19/h3-4,7-10,18H,5-6H2,1-2H3. The van der Waals surface area contributed by atoms with Gasteiger partial charge in [0.2, 0.25) is 0 Å². The van der Waals surface area contributed by atoms with Crippen molar-refractivity contribution in [3.8, 4) is 11.5 Å². The third-order valence-electron chi connectivity index (χ3n) is 4.20. The number of hydrogen-bond acceptors (Lipinski definition) is 6. The van der Waals surface area contributed by atoms with Crippen LogP contribution in [0.3, 0.4) is 0 Å². The number of carbonyl (C=O) groups excluding carboxylic acids is 1. The Morgan fingerprint density at radius 1 is 1.22 bits per heavy atom. The van der Waals surface area contributed by atoms with Gasteiger partial charge in [-0.25, -0.2) is 0 Å². The number of nitro benzene ring substituents is 1. The minimum absolute atomic E-state index is 0.0630. The lowest BCUT2D eigenvalue weighted by molar-refractivity contribution is -0.384. The minimum atomic E-state index is -0.544. The van der Waals surface area contributed by atoms with Crippen molar-refractivity contribution in [1.29, 1.82) is 0 Å². The van der Waals surface area contributed by atoms with E-state index in [1.165, 1.54) is 18.2 Å². The van der Waals surface area contributed by atoms with Crippen molar-refractivity contribution in [2.75, 3.05) is 26.5 Å². The lowest BCUT2D eigenvalue weighted by Crippen LogP contribution is -2.30. The average molecular weight is 409 g/mol. The molecule has 0 spiro atoms. The topological polar surface area (TPSA) is 81.9 Å². The van der Waals surface area contributed by atoms with E-state index in [1.807, 2.05) is 12.1 Å². The van der Waals surface area contributed by atoms with E-state index >= 15 is 0 Å². The Labute approximate surface area is 165 Å². The number of nitrogens with zero attached hydrogens (tertiary/aromatic N) is 2. The minimum Gasteiger partial charge on any atom is -0.497 e. The van der Waals surface area contributed by atoms with Crippen LogP contribution in [0.5, 0.6) is 11.5 Å². The van der Waals surface area contributed by atoms with E-state index in [4.69, 9.17) is 21.1 Å². The molecule has 2 aromatic rings. The number of thioether (sulfide) groups is 1. The lowest BCUT2D eigenvalue weighted by Gasteiger charge is -2.25. The fourth-order valence-electron chi connectivity index (χ4n) is 2.87. The van der Waals surface area contributed by atoms with Crippen LogP contribution in [0.25, 0.3) is 0 Å². The molecule has 1 amide bonds. The maximum absolute atomic E-state index is 13.0. The molecule has 1 fully saturated rings. The van der Waals surface area contributed by atoms with Crippen LogP contribution < -0.4 is 9.47 Å². The Morgan fingerprint density at radius 3 is 2.44 bits per heavy atom. The molecule has 2 aromatic carbocycles. The number of rotatable bonds is 5. The summed E-state index contributed by atoms with van der Waals surface area (Å²) in [6, 6.07) is 9.37. The highest BCUT2D eigenvalue weighted by Crippen LogP contribution is 2.42. The molecular weight excluding hydrogens is 392 g/mol. The fourth-order valence-corrected chi connectivity index (χ4v) is 4.36. The zero-order valence-corrected chi connectivity index (χ0v) is 16.2. The summed E-state index contributed by atoms with van der Waals surface area (Å²) < 4.78 is 10.6. The smallest absolute Gasteiger partial charge is 0.270 e. The number of hydrogen-bond donors (Lipinski definition) is 0. The quantitative estimate of drug-likeness (QED) is 0.546. The number of amides is 1. The monoisotopic (exact) mass is 408 g/mol. The van der Waals surface area contributed by atoms with Gasteiger partial charge in [-0.05, 0) is 23.8 Å². The van der Waals surface area contributed by atoms with Gasteiger partial charge in [-0.15, -0.1) is 11.8 Å². The summed E-state index contributed by atoms with van der Waals surface area (Å²) in [5, 5.41) is 10.7. The van der Waals surface area contributed by atoms with Crippen LogP contribution >= 0.6 is 23.4 Å². The van der Waals surface area contributed by atoms with Gasteiger partial charge in [0.1, 0.15) is 16.9 Å². The second-order valence-corrected chi connectivity index (χ2v) is 7.38. The number of nitro groups is 1. The Bertz CT molecular complexity index is 870. The fraction of sp³-hybridized carbons (Fsp3) is 0.278. The van der Waals surface area contributed by atoms with Crippen molar-refractivity contribution in [2.45, 2.75) is 5.37 Å². The number of methoxy groups -OCH3 is 2. The Morgan fingerprint density at radius 2 is 1.89 bits per heavy atom. The van der Waals surface area contributed by atoms with Gasteiger partial charge in [-0.3, -0.25) is 14.9 Å². The van der Waals surface area contributed by atoms with E-state index in [9.17, 15) is 14.9 Å². The van der Waals surface area contributed by atoms with Gasteiger partial charge in [0.05, 0.1) is 29.7 Å². The lowest BCUT2D eigenvalue weighted by atomic mass is 10.1. The summed E-state index contributed by atoms with van der Waals surface area (Å²) in [4.78, 5) is 25.1. The maximum atomic E-state index is 13.0. The molecule has 1 unspecified atom stereocenters. The summed E-state index contributed by atoms with van der Waals surface area (Å²) >= 11 is 7.76. The van der Waals surface area contributed by atoms with E-state index < -0.39 is 4.92 Å². The van der Waals surface area contributed by atoms with Crippen molar-refractivity contribution in [2.24, 2.45) is 0 Å². The molecule has 3 rings (SSSR count). The van der Waals surface area contributed by atoms with Gasteiger partial charge in [0, 0.05) is 30.5 Å². The van der Waals surface area contributed by atoms with Crippen LogP contribution in [-0.4, -0.2) is 42.2 Å². The van der Waals surface area contributed by atoms with Gasteiger partial charge in [-0.1, -0.05) is 11.6 Å². The molecule has 9 heteroatoms. The molecule has 1 atom stereocenters. The largest absolute Gasteiger partial charge is 0.497 e. The third kappa shape index (κ3) is 3.96. The summed E-state index contributed by atoms with van der Waals surface area (Å²) in [7, 11) is 3.14. The first-order valence-electron chi connectivity index (χ1n) is 8.04. The summed E-state index contributed by atoms with van der Waals surface area (Å²) in [6.45, 7) is 0.543. The second-order valence-electron chi connectivity index (χ2n) is 5.79. The first-order chi connectivity index (χ1) is 12.9. The van der Waals surface area contributed by atoms with E-state index in [1.54, 1.807) is 36.9 Å². The van der Waals surface area contributed by atoms with E-state index in [-0.39, 0.29) is 27.6 Å². The Hall–Kier alpha value is -2.45. The predicted octanol–water partition coefficient (Wildman–Crippen LogP) is 4.15. The molecule has 0 aromatic heterocycles. The van der Waals surface area contributed by atoms with E-state index in [2.05, 4.69) is 0 Å². The number of halogens is 1. The molecule has 0 radical (unpaired) electrons. The summed E-state index contributed by atoms with van der Waals surface area (Å²) in [6.07, 6.45) is 0. The van der Waals surface area contributed by atoms with Crippen molar-refractivity contribution in [3.05, 3.63) is 62.7 Å². The molecule has 1 aliphatic heterocycles. The molecule has 142 valence electrons. The number of ether oxygens (including phenoxy) is 2. The Balaban J connectivity index is 1.93. The average Bonchev–Trinajstić information content (AvgIpc) is 3.16. The Kier molecular flexibility index (Phi) is 5.76. The highest BCUT2D eigenvalue weighted by Gasteiger charge is 2.33. The van der Waals surface area contributed by atoms with Crippen molar-refractivity contribution in [1.82, 2.24) is 4.90 Å². The predicted molar refractivity (Wildman–Crippen MR) is 104 cm³/mol. The molecule has 1 aliphatic rings. The van der Waals surface area contributed by atoms with Crippen LogP contribution in [0.15, 0.2) is 36.4 Å². The molecular formula is C18H17ClN2O5S. The zero-order valence-electron chi connectivity index (χ0n) is 14.7. The molecule has 1 heterocycles. The van der Waals surface area contributed by atoms with Crippen molar-refractivity contribution in [3.63, 3.8) is 0 Å². The van der Waals surface area contributed by atoms with Gasteiger partial charge in [-0.2, -0.15) is 0 Å². The first kappa shape index (κ1) is 19.3. The highest BCUT2D eigenvalue weighted by molar-refractivity contribution is 7.99. The van der Waals surface area contributed by atoms with Gasteiger partial charge >= 0.3 is 0 Å². The first-order valence-corrected chi connectivity index (χ1v) is 9.46. The molecule has 0 N–H and O–H groups in total. The van der Waals surface area contributed by atoms with Crippen LogP contribution in [0.1, 0.15) is 21.3 Å². The second kappa shape index (κ2) is 8.06. The SMILES string of the molecule is COc1cc(OC)cc(C2SCCN2C(=O)c2ccc([N+](=O)[O-])cc2Cl)c1. The molecule has 0 bridgehead atoms. The van der Waals surface area contributed by atoms with E-state index in [0.29, 0.717) is 18.0 Å². The number of non-ortho nitro benzene ring substituents is 1. The molecule has 1 saturated heterocycles. The van der Waals surface area contributed by atoms with Crippen LogP contribution in [-0.2, 0) is 0 Å². The molecule has 0 aliphatic carbocycles. The molecule has 27 heavy (non-hydrogen) atoms. The number of carbonyl (C=O) groups is 1. The number of benzene rings is 2. The third-order valence-corrected chi connectivity index (χ3v) is 5.78. The van der Waals surface area contributed by atoms with Crippen LogP contribution in [0, 0.1) is 10.1 Å². The van der Waals surface area contributed by atoms with E-state index in [0.717, 1.165) is 11.3 Å². The van der Waals surface area contributed by atoms with Gasteiger partial charge < -0.3 is 14.4 Å². The molecule has 0 saturated carbocycles. The van der Waals surface area contributed by atoms with Crippen molar-refractivity contribution < 1.29 is 19.2 Å². The summed E-state index contributed by atoms with van der Waals surface area (Å²) in [5.41, 5.74) is 0.964. The van der Waals surface area contributed by atoms with Gasteiger partial charge in [0.15, 0.2) is 0 Å². The molecule has 7 nitrogen and oxygen atoms in total. The van der Waals surface area contributed by atoms with Crippen LogP contribution in [0.4, 0.5) is 5.69 Å². The van der Waals surface area contributed by atoms with Crippen LogP contribution in [0.2, 0.25) is 5.02 Å². The van der Waals surface area contributed by atoms with Gasteiger partial charge in [0.25, 0.3) is 11.6 Å². The zero-order chi connectivity index (χ0) is 19.6. The highest BCUT2D eigenvalue weighted by atomic mass is 35.5. The van der Waals surface area contributed by atoms with Crippen molar-refractivity contribution >= 4 is 35.0 Å². The normalized spacial score (nSPS) is 16.3. The summed E-state index contributed by atoms with van der Waals surface area (Å²) in [5.74, 6) is 1.77.